The van der Waals surface area contributed by atoms with Crippen molar-refractivity contribution in [3.8, 4) is 0 Å². The summed E-state index contributed by atoms with van der Waals surface area (Å²) in [6.45, 7) is 0. The highest BCUT2D eigenvalue weighted by Gasteiger charge is 2.78. The molecule has 1 N–H and O–H groups in total. The molecule has 34 heavy (non-hydrogen) atoms. The van der Waals surface area contributed by atoms with Crippen molar-refractivity contribution in [2.75, 3.05) is 5.32 Å². The molecular formula is C15H5F14NO4. The number of esters is 2. The van der Waals surface area contributed by atoms with Gasteiger partial charge in [-0.2, -0.15) is 61.5 Å². The van der Waals surface area contributed by atoms with Crippen LogP contribution >= 0.6 is 0 Å². The van der Waals surface area contributed by atoms with E-state index in [4.69, 9.17) is 0 Å². The number of alkyl halides is 14. The van der Waals surface area contributed by atoms with Crippen molar-refractivity contribution >= 4 is 23.5 Å². The Hall–Kier alpha value is -3.15. The summed E-state index contributed by atoms with van der Waals surface area (Å²) in [6.07, 6.45) is -13.8. The Kier molecular flexibility index (Phi) is 7.28. The van der Waals surface area contributed by atoms with E-state index in [1.54, 1.807) is 0 Å². The van der Waals surface area contributed by atoms with Crippen molar-refractivity contribution in [1.82, 2.24) is 0 Å². The second-order valence-corrected chi connectivity index (χ2v) is 6.00. The second-order valence-electron chi connectivity index (χ2n) is 6.00. The van der Waals surface area contributed by atoms with Crippen molar-refractivity contribution in [3.05, 3.63) is 29.8 Å². The number of ether oxygens (including phenoxy) is 1. The van der Waals surface area contributed by atoms with Crippen LogP contribution in [0.25, 0.3) is 0 Å². The summed E-state index contributed by atoms with van der Waals surface area (Å²) in [5, 5.41) is 0.896. The van der Waals surface area contributed by atoms with Crippen molar-refractivity contribution < 1.29 is 80.6 Å². The molecule has 0 aliphatic rings. The molecule has 1 rings (SSSR count). The summed E-state index contributed by atoms with van der Waals surface area (Å²) < 4.78 is 179. The quantitative estimate of drug-likeness (QED) is 0.321. The minimum absolute atomic E-state index is 0.255. The van der Waals surface area contributed by atoms with E-state index >= 15 is 0 Å². The van der Waals surface area contributed by atoms with Gasteiger partial charge < -0.3 is 10.1 Å². The van der Waals surface area contributed by atoms with Crippen LogP contribution in [0, 0.1) is 0 Å². The van der Waals surface area contributed by atoms with Crippen molar-refractivity contribution in [2.45, 2.75) is 36.0 Å². The lowest BCUT2D eigenvalue weighted by Crippen LogP contribution is -2.57. The molecule has 0 bridgehead atoms. The predicted molar refractivity (Wildman–Crippen MR) is 77.4 cm³/mol. The molecule has 0 aliphatic carbocycles. The molecule has 0 saturated heterocycles. The van der Waals surface area contributed by atoms with Gasteiger partial charge in [0, 0.05) is 5.69 Å². The van der Waals surface area contributed by atoms with Crippen LogP contribution in [0.4, 0.5) is 67.2 Å². The SMILES string of the molecule is O=C(OC(=O)C(F)(F)C(F)(F)C(F)(F)F)c1ccc(NC(=O)C(F)(F)C(F)(F)C(F)(F)F)cc1. The second kappa shape index (κ2) is 8.57. The maximum atomic E-state index is 13.2. The third-order valence-electron chi connectivity index (χ3n) is 3.61. The Morgan fingerprint density at radius 1 is 0.618 bits per heavy atom. The van der Waals surface area contributed by atoms with Gasteiger partial charge in [0.2, 0.25) is 0 Å². The fraction of sp³-hybridized carbons (Fsp3) is 0.400. The molecule has 1 aromatic rings. The predicted octanol–water partition coefficient (Wildman–Crippen LogP) is 4.97. The molecule has 0 spiro atoms. The van der Waals surface area contributed by atoms with Crippen molar-refractivity contribution in [2.24, 2.45) is 0 Å². The van der Waals surface area contributed by atoms with Crippen LogP contribution in [0.15, 0.2) is 24.3 Å². The average molecular weight is 529 g/mol. The van der Waals surface area contributed by atoms with Crippen LogP contribution in [0.1, 0.15) is 10.4 Å². The highest BCUT2D eigenvalue weighted by molar-refractivity contribution is 6.00. The number of carbonyl (C=O) groups is 3. The Bertz CT molecular complexity index is 949. The van der Waals surface area contributed by atoms with Gasteiger partial charge in [-0.15, -0.1) is 0 Å². The molecule has 19 heteroatoms. The molecule has 0 aliphatic heterocycles. The number of carbonyl (C=O) groups excluding carboxylic acids is 3. The molecule has 0 atom stereocenters. The van der Waals surface area contributed by atoms with Gasteiger partial charge in [0.15, 0.2) is 0 Å². The van der Waals surface area contributed by atoms with E-state index in [-0.39, 0.29) is 24.3 Å². The van der Waals surface area contributed by atoms with E-state index in [1.807, 2.05) is 0 Å². The number of rotatable bonds is 6. The zero-order valence-corrected chi connectivity index (χ0v) is 15.2. The zero-order valence-electron chi connectivity index (χ0n) is 15.2. The number of anilines is 1. The normalized spacial score (nSPS) is 13.9. The summed E-state index contributed by atoms with van der Waals surface area (Å²) in [5.41, 5.74) is -2.13. The van der Waals surface area contributed by atoms with Crippen LogP contribution in [0.2, 0.25) is 0 Å². The first-order valence-corrected chi connectivity index (χ1v) is 7.74. The third-order valence-corrected chi connectivity index (χ3v) is 3.61. The minimum Gasteiger partial charge on any atom is -0.385 e. The van der Waals surface area contributed by atoms with Crippen LogP contribution in [-0.2, 0) is 14.3 Å². The van der Waals surface area contributed by atoms with E-state index < -0.39 is 65.1 Å². The Balaban J connectivity index is 3.00. The van der Waals surface area contributed by atoms with Gasteiger partial charge in [-0.05, 0) is 24.3 Å². The zero-order chi connectivity index (χ0) is 27.1. The van der Waals surface area contributed by atoms with E-state index in [0.29, 0.717) is 0 Å². The highest BCUT2D eigenvalue weighted by atomic mass is 19.4. The Morgan fingerprint density at radius 3 is 1.38 bits per heavy atom. The van der Waals surface area contributed by atoms with Crippen molar-refractivity contribution in [1.29, 1.82) is 0 Å². The van der Waals surface area contributed by atoms with E-state index in [1.165, 1.54) is 0 Å². The summed E-state index contributed by atoms with van der Waals surface area (Å²) in [4.78, 5) is 33.6. The molecule has 1 aromatic carbocycles. The molecule has 0 radical (unpaired) electrons. The van der Waals surface area contributed by atoms with Gasteiger partial charge in [0.1, 0.15) is 0 Å². The fourth-order valence-electron chi connectivity index (χ4n) is 1.73. The summed E-state index contributed by atoms with van der Waals surface area (Å²) in [6, 6.07) is 1.07. The van der Waals surface area contributed by atoms with Gasteiger partial charge in [-0.3, -0.25) is 4.79 Å². The maximum absolute atomic E-state index is 13.2. The van der Waals surface area contributed by atoms with Gasteiger partial charge in [-0.25, -0.2) is 9.59 Å². The van der Waals surface area contributed by atoms with Gasteiger partial charge in [-0.1, -0.05) is 0 Å². The molecule has 5 nitrogen and oxygen atoms in total. The molecule has 192 valence electrons. The van der Waals surface area contributed by atoms with E-state index in [0.717, 1.165) is 5.32 Å². The first kappa shape index (κ1) is 28.9. The molecule has 0 saturated carbocycles. The molecule has 0 fully saturated rings. The van der Waals surface area contributed by atoms with Gasteiger partial charge in [0.05, 0.1) is 5.56 Å². The minimum atomic E-state index is -6.96. The van der Waals surface area contributed by atoms with Gasteiger partial charge >= 0.3 is 53.9 Å². The summed E-state index contributed by atoms with van der Waals surface area (Å²) >= 11 is 0. The van der Waals surface area contributed by atoms with E-state index in [2.05, 4.69) is 4.74 Å². The van der Waals surface area contributed by atoms with E-state index in [9.17, 15) is 75.8 Å². The first-order valence-electron chi connectivity index (χ1n) is 7.74. The molecular weight excluding hydrogens is 524 g/mol. The molecule has 0 unspecified atom stereocenters. The van der Waals surface area contributed by atoms with Crippen molar-refractivity contribution in [3.63, 3.8) is 0 Å². The fourth-order valence-corrected chi connectivity index (χ4v) is 1.73. The lowest BCUT2D eigenvalue weighted by atomic mass is 10.1. The lowest BCUT2D eigenvalue weighted by Gasteiger charge is -2.27. The molecule has 1 amide bonds. The third kappa shape index (κ3) is 5.01. The number of benzene rings is 1. The Morgan fingerprint density at radius 2 is 1.00 bits per heavy atom. The molecule has 0 heterocycles. The topological polar surface area (TPSA) is 72.5 Å². The van der Waals surface area contributed by atoms with Gasteiger partial charge in [0.25, 0.3) is 0 Å². The number of hydrogen-bond acceptors (Lipinski definition) is 4. The maximum Gasteiger partial charge on any atom is 0.460 e. The Labute approximate surface area is 176 Å². The number of halogens is 14. The summed E-state index contributed by atoms with van der Waals surface area (Å²) in [5.74, 6) is -35.8. The number of amides is 1. The molecule has 0 aromatic heterocycles. The monoisotopic (exact) mass is 529 g/mol. The van der Waals surface area contributed by atoms with Crippen LogP contribution in [0.5, 0.6) is 0 Å². The van der Waals surface area contributed by atoms with Crippen LogP contribution < -0.4 is 5.32 Å². The number of hydrogen-bond donors (Lipinski definition) is 1. The lowest BCUT2D eigenvalue weighted by molar-refractivity contribution is -0.347. The number of nitrogens with one attached hydrogen (secondary N) is 1. The smallest absolute Gasteiger partial charge is 0.385 e. The van der Waals surface area contributed by atoms with Crippen LogP contribution in [-0.4, -0.2) is 53.9 Å². The average Bonchev–Trinajstić information content (AvgIpc) is 2.66. The summed E-state index contributed by atoms with van der Waals surface area (Å²) in [7, 11) is 0. The standard InChI is InChI=1S/C15H5F14NO4/c16-10(17,12(20,21)14(24,25)26)8(32)30-6-3-1-5(2-4-6)7(31)34-9(33)11(18,19)13(22,23)15(27,28)29/h1-4H,(H,30,32). The first-order chi connectivity index (χ1) is 14.9. The highest BCUT2D eigenvalue weighted by Crippen LogP contribution is 2.48. The largest absolute Gasteiger partial charge is 0.460 e. The van der Waals surface area contributed by atoms with Crippen LogP contribution in [0.3, 0.4) is 0 Å².